The summed E-state index contributed by atoms with van der Waals surface area (Å²) in [6.07, 6.45) is 0.220. The lowest BCUT2D eigenvalue weighted by molar-refractivity contribution is -0.130. The van der Waals surface area contributed by atoms with Gasteiger partial charge in [0.1, 0.15) is 5.82 Å². The number of nitrogens with zero attached hydrogens (tertiary/aromatic N) is 4. The highest BCUT2D eigenvalue weighted by Gasteiger charge is 2.26. The maximum atomic E-state index is 13.1. The third-order valence-corrected chi connectivity index (χ3v) is 6.13. The second-order valence-electron chi connectivity index (χ2n) is 9.21. The van der Waals surface area contributed by atoms with Crippen LogP contribution in [0.25, 0.3) is 0 Å². The van der Waals surface area contributed by atoms with E-state index < -0.39 is 0 Å². The molecule has 0 atom stereocenters. The molecule has 9 heteroatoms. The van der Waals surface area contributed by atoms with Gasteiger partial charge in [0, 0.05) is 49.9 Å². The van der Waals surface area contributed by atoms with Crippen LogP contribution in [-0.4, -0.2) is 59.3 Å². The number of amides is 1. The third kappa shape index (κ3) is 5.71. The van der Waals surface area contributed by atoms with Crippen molar-refractivity contribution in [2.75, 3.05) is 44.3 Å². The van der Waals surface area contributed by atoms with Crippen molar-refractivity contribution in [3.63, 3.8) is 0 Å². The van der Waals surface area contributed by atoms with E-state index in [9.17, 15) is 14.4 Å². The molecule has 9 nitrogen and oxygen atoms in total. The zero-order chi connectivity index (χ0) is 25.7. The van der Waals surface area contributed by atoms with Gasteiger partial charge in [0.15, 0.2) is 11.5 Å². The fourth-order valence-corrected chi connectivity index (χ4v) is 4.50. The van der Waals surface area contributed by atoms with Crippen molar-refractivity contribution in [2.45, 2.75) is 60.0 Å². The summed E-state index contributed by atoms with van der Waals surface area (Å²) < 4.78 is 14.4. The first-order valence-electron chi connectivity index (χ1n) is 12.5. The van der Waals surface area contributed by atoms with Gasteiger partial charge in [-0.15, -0.1) is 0 Å². The first kappa shape index (κ1) is 26.4. The summed E-state index contributed by atoms with van der Waals surface area (Å²) in [5.74, 6) is 1.89. The van der Waals surface area contributed by atoms with E-state index in [1.54, 1.807) is 10.6 Å². The van der Waals surface area contributed by atoms with Gasteiger partial charge in [0.05, 0.1) is 19.6 Å². The Balaban J connectivity index is 1.77. The Kier molecular flexibility index (Phi) is 8.64. The molecule has 0 aliphatic carbocycles. The van der Waals surface area contributed by atoms with Crippen molar-refractivity contribution in [1.82, 2.24) is 14.0 Å². The summed E-state index contributed by atoms with van der Waals surface area (Å²) in [5.41, 5.74) is 0.206. The third-order valence-electron chi connectivity index (χ3n) is 6.13. The van der Waals surface area contributed by atoms with Crippen molar-refractivity contribution in [2.24, 2.45) is 0 Å². The molecule has 0 spiro atoms. The van der Waals surface area contributed by atoms with Crippen molar-refractivity contribution in [3.8, 4) is 11.5 Å². The number of anilines is 1. The Morgan fingerprint density at radius 1 is 0.914 bits per heavy atom. The van der Waals surface area contributed by atoms with E-state index in [2.05, 4.69) is 0 Å². The van der Waals surface area contributed by atoms with Gasteiger partial charge in [-0.2, -0.15) is 0 Å². The molecular formula is C26H38N4O5. The van der Waals surface area contributed by atoms with Gasteiger partial charge in [-0.25, -0.2) is 4.79 Å². The van der Waals surface area contributed by atoms with Crippen LogP contribution in [0.15, 0.2) is 33.9 Å². The molecule has 2 heterocycles. The van der Waals surface area contributed by atoms with Gasteiger partial charge in [-0.1, -0.05) is 12.1 Å². The van der Waals surface area contributed by atoms with Crippen LogP contribution in [0.5, 0.6) is 11.5 Å². The molecular weight excluding hydrogens is 448 g/mol. The highest BCUT2D eigenvalue weighted by molar-refractivity contribution is 5.80. The maximum Gasteiger partial charge on any atom is 0.333 e. The Morgan fingerprint density at radius 2 is 1.54 bits per heavy atom. The summed E-state index contributed by atoms with van der Waals surface area (Å²) in [7, 11) is 0. The normalized spacial score (nSPS) is 14.1. The Labute approximate surface area is 206 Å². The summed E-state index contributed by atoms with van der Waals surface area (Å²) in [4.78, 5) is 42.8. The highest BCUT2D eigenvalue weighted by Crippen LogP contribution is 2.32. The number of aromatic nitrogens is 2. The van der Waals surface area contributed by atoms with E-state index in [1.165, 1.54) is 4.57 Å². The largest absolute Gasteiger partial charge is 0.490 e. The fraction of sp³-hybridized carbons (Fsp3) is 0.577. The summed E-state index contributed by atoms with van der Waals surface area (Å²) in [6.45, 7) is 14.5. The van der Waals surface area contributed by atoms with E-state index >= 15 is 0 Å². The van der Waals surface area contributed by atoms with Crippen molar-refractivity contribution in [1.29, 1.82) is 0 Å². The zero-order valence-electron chi connectivity index (χ0n) is 21.7. The molecule has 1 aromatic carbocycles. The van der Waals surface area contributed by atoms with Crippen molar-refractivity contribution >= 4 is 11.7 Å². The molecule has 1 amide bonds. The average molecular weight is 487 g/mol. The lowest BCUT2D eigenvalue weighted by Crippen LogP contribution is -2.52. The molecule has 1 fully saturated rings. The Bertz CT molecular complexity index is 1140. The van der Waals surface area contributed by atoms with Crippen LogP contribution in [0, 0.1) is 0 Å². The van der Waals surface area contributed by atoms with E-state index in [-0.39, 0.29) is 35.7 Å². The quantitative estimate of drug-likeness (QED) is 0.542. The summed E-state index contributed by atoms with van der Waals surface area (Å²) in [5, 5.41) is 0. The van der Waals surface area contributed by atoms with Crippen LogP contribution in [0.2, 0.25) is 0 Å². The summed E-state index contributed by atoms with van der Waals surface area (Å²) >= 11 is 0. The standard InChI is InChI=1S/C26H38N4O5/c1-7-34-21-11-9-10-20(25(21)35-8-2)16-23(31)28-14-12-27(13-15-28)22-17-24(32)30(19(5)6)26(33)29(22)18(3)4/h9-11,17-19H,7-8,12-16H2,1-6H3. The molecule has 0 unspecified atom stereocenters. The second-order valence-corrected chi connectivity index (χ2v) is 9.21. The van der Waals surface area contributed by atoms with E-state index in [1.807, 2.05) is 69.5 Å². The van der Waals surface area contributed by atoms with Gasteiger partial charge in [-0.05, 0) is 47.6 Å². The molecule has 2 aromatic rings. The minimum Gasteiger partial charge on any atom is -0.490 e. The maximum absolute atomic E-state index is 13.1. The van der Waals surface area contributed by atoms with Crippen LogP contribution in [-0.2, 0) is 11.2 Å². The van der Waals surface area contributed by atoms with Gasteiger partial charge in [0.2, 0.25) is 5.91 Å². The molecule has 0 radical (unpaired) electrons. The SMILES string of the molecule is CCOc1cccc(CC(=O)N2CCN(c3cc(=O)n(C(C)C)c(=O)n3C(C)C)CC2)c1OCC. The number of piperazine rings is 1. The number of carbonyl (C=O) groups excluding carboxylic acids is 1. The van der Waals surface area contributed by atoms with Gasteiger partial charge in [0.25, 0.3) is 5.56 Å². The molecule has 0 N–H and O–H groups in total. The summed E-state index contributed by atoms with van der Waals surface area (Å²) in [6, 6.07) is 6.85. The lowest BCUT2D eigenvalue weighted by Gasteiger charge is -2.37. The molecule has 192 valence electrons. The topological polar surface area (TPSA) is 86.0 Å². The number of hydrogen-bond donors (Lipinski definition) is 0. The molecule has 0 saturated carbocycles. The number of para-hydroxylation sites is 1. The average Bonchev–Trinajstić information content (AvgIpc) is 2.80. The van der Waals surface area contributed by atoms with Crippen LogP contribution in [0.3, 0.4) is 0 Å². The number of benzene rings is 1. The van der Waals surface area contributed by atoms with Gasteiger partial charge < -0.3 is 19.3 Å². The lowest BCUT2D eigenvalue weighted by atomic mass is 10.1. The second kappa shape index (κ2) is 11.5. The van der Waals surface area contributed by atoms with Crippen LogP contribution in [0.1, 0.15) is 59.2 Å². The van der Waals surface area contributed by atoms with Crippen LogP contribution >= 0.6 is 0 Å². The van der Waals surface area contributed by atoms with Gasteiger partial charge in [-0.3, -0.25) is 18.7 Å². The number of rotatable bonds is 9. The molecule has 0 bridgehead atoms. The minimum atomic E-state index is -0.298. The molecule has 1 aliphatic rings. The number of ether oxygens (including phenoxy) is 2. The minimum absolute atomic E-state index is 0.00993. The predicted octanol–water partition coefficient (Wildman–Crippen LogP) is 2.86. The van der Waals surface area contributed by atoms with Crippen LogP contribution in [0.4, 0.5) is 5.82 Å². The molecule has 35 heavy (non-hydrogen) atoms. The molecule has 3 rings (SSSR count). The van der Waals surface area contributed by atoms with E-state index in [0.29, 0.717) is 56.7 Å². The predicted molar refractivity (Wildman–Crippen MR) is 137 cm³/mol. The van der Waals surface area contributed by atoms with E-state index in [4.69, 9.17) is 9.47 Å². The fourth-order valence-electron chi connectivity index (χ4n) is 4.50. The van der Waals surface area contributed by atoms with Crippen molar-refractivity contribution in [3.05, 3.63) is 50.7 Å². The van der Waals surface area contributed by atoms with Crippen molar-refractivity contribution < 1.29 is 14.3 Å². The molecule has 1 saturated heterocycles. The molecule has 1 aliphatic heterocycles. The Morgan fingerprint density at radius 3 is 2.11 bits per heavy atom. The first-order valence-corrected chi connectivity index (χ1v) is 12.5. The first-order chi connectivity index (χ1) is 16.7. The number of carbonyl (C=O) groups is 1. The van der Waals surface area contributed by atoms with Crippen LogP contribution < -0.4 is 25.6 Å². The smallest absolute Gasteiger partial charge is 0.333 e. The monoisotopic (exact) mass is 486 g/mol. The van der Waals surface area contributed by atoms with Gasteiger partial charge >= 0.3 is 5.69 Å². The zero-order valence-corrected chi connectivity index (χ0v) is 21.7. The highest BCUT2D eigenvalue weighted by atomic mass is 16.5. The Hall–Kier alpha value is -3.23. The molecule has 1 aromatic heterocycles. The van der Waals surface area contributed by atoms with E-state index in [0.717, 1.165) is 5.56 Å². The number of hydrogen-bond acceptors (Lipinski definition) is 6.